The quantitative estimate of drug-likeness (QED) is 0.914. The molecule has 0 aromatic carbocycles. The summed E-state index contributed by atoms with van der Waals surface area (Å²) in [6.07, 6.45) is 3.53. The molecule has 4 nitrogen and oxygen atoms in total. The van der Waals surface area contributed by atoms with E-state index in [1.165, 1.54) is 0 Å². The van der Waals surface area contributed by atoms with Gasteiger partial charge in [0.2, 0.25) is 0 Å². The Morgan fingerprint density at radius 1 is 1.61 bits per heavy atom. The van der Waals surface area contributed by atoms with Gasteiger partial charge in [0.25, 0.3) is 0 Å². The predicted octanol–water partition coefficient (Wildman–Crippen LogP) is 1.47. The second kappa shape index (κ2) is 6.61. The van der Waals surface area contributed by atoms with Crippen LogP contribution in [-0.2, 0) is 11.2 Å². The highest BCUT2D eigenvalue weighted by atomic mass is 79.9. The Hall–Kier alpha value is -0.490. The van der Waals surface area contributed by atoms with Crippen molar-refractivity contribution in [2.75, 3.05) is 26.2 Å². The second-order valence-electron chi connectivity index (χ2n) is 4.59. The molecule has 1 aliphatic rings. The van der Waals surface area contributed by atoms with Crippen molar-refractivity contribution in [3.8, 4) is 0 Å². The van der Waals surface area contributed by atoms with Gasteiger partial charge >= 0.3 is 0 Å². The lowest BCUT2D eigenvalue weighted by molar-refractivity contribution is -0.0867. The fraction of sp³-hybridized carbons (Fsp3) is 0.615. The van der Waals surface area contributed by atoms with Gasteiger partial charge in [0.15, 0.2) is 0 Å². The number of nitrogens with zero attached hydrogens (tertiary/aromatic N) is 2. The minimum Gasteiger partial charge on any atom is -0.390 e. The first-order valence-electron chi connectivity index (χ1n) is 6.30. The number of aliphatic hydroxyl groups excluding tert-OH is 1. The van der Waals surface area contributed by atoms with Gasteiger partial charge < -0.3 is 9.84 Å². The van der Waals surface area contributed by atoms with Crippen LogP contribution in [0.5, 0.6) is 0 Å². The molecule has 5 heteroatoms. The summed E-state index contributed by atoms with van der Waals surface area (Å²) in [5.41, 5.74) is 1.02. The molecule has 100 valence electrons. The Balaban J connectivity index is 1.93. The molecule has 0 saturated carbocycles. The molecule has 0 bridgehead atoms. The van der Waals surface area contributed by atoms with Crippen LogP contribution in [0.25, 0.3) is 0 Å². The summed E-state index contributed by atoms with van der Waals surface area (Å²) in [7, 11) is 0. The largest absolute Gasteiger partial charge is 0.390 e. The first-order chi connectivity index (χ1) is 8.69. The zero-order chi connectivity index (χ0) is 13.0. The van der Waals surface area contributed by atoms with Crippen LogP contribution in [0.3, 0.4) is 0 Å². The van der Waals surface area contributed by atoms with E-state index < -0.39 is 6.10 Å². The van der Waals surface area contributed by atoms with Crippen LogP contribution in [0.2, 0.25) is 0 Å². The van der Waals surface area contributed by atoms with Gasteiger partial charge in [-0.25, -0.2) is 0 Å². The number of aromatic nitrogens is 1. The third kappa shape index (κ3) is 3.75. The molecular formula is C13H19BrN2O2. The standard InChI is InChI=1S/C13H19BrN2O2/c1-2-16-3-4-18-13(9-16)12(17)6-10-5-11(14)8-15-7-10/h5,7-8,12-13,17H,2-4,6,9H2,1H3. The molecule has 1 N–H and O–H groups in total. The number of rotatable bonds is 4. The van der Waals surface area contributed by atoms with Crippen molar-refractivity contribution < 1.29 is 9.84 Å². The van der Waals surface area contributed by atoms with Crippen LogP contribution < -0.4 is 0 Å². The van der Waals surface area contributed by atoms with E-state index >= 15 is 0 Å². The van der Waals surface area contributed by atoms with E-state index in [-0.39, 0.29) is 6.10 Å². The first-order valence-corrected chi connectivity index (χ1v) is 7.09. The zero-order valence-electron chi connectivity index (χ0n) is 10.6. The molecule has 2 heterocycles. The molecule has 0 amide bonds. The summed E-state index contributed by atoms with van der Waals surface area (Å²) in [6, 6.07) is 1.98. The van der Waals surface area contributed by atoms with Crippen LogP contribution in [0.1, 0.15) is 12.5 Å². The van der Waals surface area contributed by atoms with Crippen molar-refractivity contribution >= 4 is 15.9 Å². The number of ether oxygens (including phenoxy) is 1. The van der Waals surface area contributed by atoms with E-state index in [9.17, 15) is 5.11 Å². The van der Waals surface area contributed by atoms with Gasteiger partial charge in [-0.05, 0) is 34.1 Å². The minimum atomic E-state index is -0.476. The molecule has 1 aromatic heterocycles. The third-order valence-corrected chi connectivity index (χ3v) is 3.69. The summed E-state index contributed by atoms with van der Waals surface area (Å²) in [5.74, 6) is 0. The number of hydrogen-bond donors (Lipinski definition) is 1. The van der Waals surface area contributed by atoms with E-state index in [2.05, 4.69) is 32.7 Å². The molecule has 0 aliphatic carbocycles. The van der Waals surface area contributed by atoms with Gasteiger partial charge in [0, 0.05) is 36.4 Å². The van der Waals surface area contributed by atoms with E-state index in [0.29, 0.717) is 13.0 Å². The summed E-state index contributed by atoms with van der Waals surface area (Å²) in [6.45, 7) is 5.60. The van der Waals surface area contributed by atoms with E-state index in [1.807, 2.05) is 6.07 Å². The SMILES string of the molecule is CCN1CCOC(C(O)Cc2cncc(Br)c2)C1. The van der Waals surface area contributed by atoms with Crippen LogP contribution in [0, 0.1) is 0 Å². The lowest BCUT2D eigenvalue weighted by Gasteiger charge is -2.34. The molecule has 2 rings (SSSR count). The highest BCUT2D eigenvalue weighted by Crippen LogP contribution is 2.15. The molecule has 1 fully saturated rings. The van der Waals surface area contributed by atoms with Gasteiger partial charge in [-0.15, -0.1) is 0 Å². The number of halogens is 1. The molecule has 1 aliphatic heterocycles. The second-order valence-corrected chi connectivity index (χ2v) is 5.50. The van der Waals surface area contributed by atoms with Crippen molar-refractivity contribution in [2.24, 2.45) is 0 Å². The minimum absolute atomic E-state index is 0.0994. The summed E-state index contributed by atoms with van der Waals surface area (Å²) >= 11 is 3.39. The van der Waals surface area contributed by atoms with Crippen LogP contribution in [0.15, 0.2) is 22.9 Å². The number of aliphatic hydroxyl groups is 1. The number of likely N-dealkylation sites (N-methyl/N-ethyl adjacent to an activating group) is 1. The number of pyridine rings is 1. The Morgan fingerprint density at radius 3 is 3.17 bits per heavy atom. The van der Waals surface area contributed by atoms with E-state index in [1.54, 1.807) is 12.4 Å². The smallest absolute Gasteiger partial charge is 0.0964 e. The average molecular weight is 315 g/mol. The maximum absolute atomic E-state index is 10.2. The van der Waals surface area contributed by atoms with Crippen LogP contribution in [0.4, 0.5) is 0 Å². The van der Waals surface area contributed by atoms with Gasteiger partial charge in [0.1, 0.15) is 0 Å². The summed E-state index contributed by atoms with van der Waals surface area (Å²) in [4.78, 5) is 6.41. The lowest BCUT2D eigenvalue weighted by Crippen LogP contribution is -2.48. The van der Waals surface area contributed by atoms with Gasteiger partial charge in [-0.1, -0.05) is 6.92 Å². The van der Waals surface area contributed by atoms with Crippen molar-refractivity contribution in [3.05, 3.63) is 28.5 Å². The number of hydrogen-bond acceptors (Lipinski definition) is 4. The average Bonchev–Trinajstić information content (AvgIpc) is 2.39. The fourth-order valence-electron chi connectivity index (χ4n) is 2.19. The molecule has 18 heavy (non-hydrogen) atoms. The molecule has 2 unspecified atom stereocenters. The normalized spacial score (nSPS) is 22.9. The number of morpholine rings is 1. The Morgan fingerprint density at radius 2 is 2.44 bits per heavy atom. The molecular weight excluding hydrogens is 296 g/mol. The van der Waals surface area contributed by atoms with Gasteiger partial charge in [-0.3, -0.25) is 9.88 Å². The van der Waals surface area contributed by atoms with Crippen molar-refractivity contribution in [1.82, 2.24) is 9.88 Å². The van der Waals surface area contributed by atoms with Crippen LogP contribution >= 0.6 is 15.9 Å². The van der Waals surface area contributed by atoms with Crippen molar-refractivity contribution in [2.45, 2.75) is 25.6 Å². The monoisotopic (exact) mass is 314 g/mol. The predicted molar refractivity (Wildman–Crippen MR) is 73.5 cm³/mol. The highest BCUT2D eigenvalue weighted by Gasteiger charge is 2.26. The summed E-state index contributed by atoms with van der Waals surface area (Å²) in [5, 5.41) is 10.2. The van der Waals surface area contributed by atoms with Crippen molar-refractivity contribution in [3.63, 3.8) is 0 Å². The highest BCUT2D eigenvalue weighted by molar-refractivity contribution is 9.10. The summed E-state index contributed by atoms with van der Waals surface area (Å²) < 4.78 is 6.59. The first kappa shape index (κ1) is 13.9. The molecule has 1 aromatic rings. The maximum atomic E-state index is 10.2. The molecule has 0 spiro atoms. The molecule has 0 radical (unpaired) electrons. The zero-order valence-corrected chi connectivity index (χ0v) is 12.1. The Kier molecular flexibility index (Phi) is 5.12. The Labute approximate surface area is 116 Å². The van der Waals surface area contributed by atoms with E-state index in [4.69, 9.17) is 4.74 Å². The topological polar surface area (TPSA) is 45.6 Å². The Bertz CT molecular complexity index is 389. The maximum Gasteiger partial charge on any atom is 0.0964 e. The van der Waals surface area contributed by atoms with Crippen molar-refractivity contribution in [1.29, 1.82) is 0 Å². The fourth-order valence-corrected chi connectivity index (χ4v) is 2.60. The lowest BCUT2D eigenvalue weighted by atomic mass is 10.0. The van der Waals surface area contributed by atoms with Crippen LogP contribution in [-0.4, -0.2) is 53.4 Å². The van der Waals surface area contributed by atoms with Gasteiger partial charge in [0.05, 0.1) is 18.8 Å². The molecule has 1 saturated heterocycles. The van der Waals surface area contributed by atoms with E-state index in [0.717, 1.165) is 29.7 Å². The third-order valence-electron chi connectivity index (χ3n) is 3.26. The molecule has 2 atom stereocenters. The van der Waals surface area contributed by atoms with Gasteiger partial charge in [-0.2, -0.15) is 0 Å².